The van der Waals surface area contributed by atoms with Gasteiger partial charge in [0.15, 0.2) is 0 Å². The van der Waals surface area contributed by atoms with E-state index in [0.29, 0.717) is 18.0 Å². The average molecular weight is 507 g/mol. The van der Waals surface area contributed by atoms with Gasteiger partial charge < -0.3 is 15.0 Å². The quantitative estimate of drug-likeness (QED) is 0.405. The number of anilines is 2. The van der Waals surface area contributed by atoms with Crippen LogP contribution in [0.2, 0.25) is 0 Å². The molecule has 4 rings (SSSR count). The van der Waals surface area contributed by atoms with Crippen molar-refractivity contribution in [1.82, 2.24) is 0 Å². The zero-order chi connectivity index (χ0) is 23.4. The maximum Gasteiger partial charge on any atom is 0.229 e. The Morgan fingerprint density at radius 1 is 0.970 bits per heavy atom. The summed E-state index contributed by atoms with van der Waals surface area (Å²) >= 11 is 3.41. The van der Waals surface area contributed by atoms with Crippen molar-refractivity contribution in [2.24, 2.45) is 5.92 Å². The first kappa shape index (κ1) is 23.1. The first-order chi connectivity index (χ1) is 16.0. The number of amides is 2. The minimum atomic E-state index is -0.384. The summed E-state index contributed by atoms with van der Waals surface area (Å²) in [7, 11) is 0. The van der Waals surface area contributed by atoms with E-state index in [-0.39, 0.29) is 24.2 Å². The zero-order valence-electron chi connectivity index (χ0n) is 18.8. The van der Waals surface area contributed by atoms with Crippen LogP contribution in [0.25, 0.3) is 0 Å². The van der Waals surface area contributed by atoms with E-state index in [1.807, 2.05) is 54.6 Å². The number of ether oxygens (including phenoxy) is 1. The van der Waals surface area contributed by atoms with Crippen LogP contribution in [0, 0.1) is 5.92 Å². The molecule has 0 aromatic heterocycles. The van der Waals surface area contributed by atoms with E-state index in [9.17, 15) is 9.59 Å². The third kappa shape index (κ3) is 5.28. The Morgan fingerprint density at radius 3 is 2.12 bits per heavy atom. The second-order valence-corrected chi connectivity index (χ2v) is 9.02. The molecule has 6 heteroatoms. The Hall–Kier alpha value is -3.12. The summed E-state index contributed by atoms with van der Waals surface area (Å²) in [6, 6.07) is 21.0. The van der Waals surface area contributed by atoms with E-state index in [4.69, 9.17) is 4.74 Å². The third-order valence-corrected chi connectivity index (χ3v) is 6.43. The van der Waals surface area contributed by atoms with Crippen molar-refractivity contribution in [2.45, 2.75) is 33.1 Å². The highest BCUT2D eigenvalue weighted by Gasteiger charge is 2.36. The minimum absolute atomic E-state index is 0.00370. The Morgan fingerprint density at radius 2 is 1.55 bits per heavy atom. The number of benzene rings is 3. The lowest BCUT2D eigenvalue weighted by molar-refractivity contribution is -0.122. The molecule has 3 aromatic carbocycles. The van der Waals surface area contributed by atoms with Crippen LogP contribution in [-0.2, 0) is 22.4 Å². The van der Waals surface area contributed by atoms with Crippen molar-refractivity contribution in [3.05, 3.63) is 82.3 Å². The Bertz CT molecular complexity index is 1120. The van der Waals surface area contributed by atoms with Gasteiger partial charge in [-0.3, -0.25) is 9.59 Å². The second-order valence-electron chi connectivity index (χ2n) is 8.11. The molecule has 1 fully saturated rings. The summed E-state index contributed by atoms with van der Waals surface area (Å²) in [5.74, 6) is 0.897. The van der Waals surface area contributed by atoms with E-state index in [1.54, 1.807) is 4.90 Å². The molecule has 1 heterocycles. The molecule has 1 aliphatic rings. The summed E-state index contributed by atoms with van der Waals surface area (Å²) in [5, 5.41) is 2.95. The molecule has 0 aliphatic carbocycles. The monoisotopic (exact) mass is 506 g/mol. The number of carbonyl (C=O) groups is 2. The number of nitrogens with one attached hydrogen (secondary N) is 1. The van der Waals surface area contributed by atoms with Gasteiger partial charge in [-0.1, -0.05) is 48.0 Å². The molecular formula is C27H27BrN2O3. The van der Waals surface area contributed by atoms with Crippen LogP contribution in [0.4, 0.5) is 11.4 Å². The number of para-hydroxylation sites is 1. The highest BCUT2D eigenvalue weighted by Crippen LogP contribution is 2.33. The number of carbonyl (C=O) groups excluding carboxylic acids is 2. The number of aryl methyl sites for hydroxylation is 2. The molecule has 3 aromatic rings. The molecule has 0 unspecified atom stereocenters. The van der Waals surface area contributed by atoms with Crippen LogP contribution < -0.4 is 15.0 Å². The number of rotatable bonds is 7. The van der Waals surface area contributed by atoms with Gasteiger partial charge in [0.25, 0.3) is 0 Å². The van der Waals surface area contributed by atoms with Gasteiger partial charge in [0.1, 0.15) is 11.5 Å². The van der Waals surface area contributed by atoms with E-state index >= 15 is 0 Å². The van der Waals surface area contributed by atoms with Crippen molar-refractivity contribution in [3.63, 3.8) is 0 Å². The first-order valence-electron chi connectivity index (χ1n) is 11.2. The van der Waals surface area contributed by atoms with Crippen molar-refractivity contribution >= 4 is 39.1 Å². The van der Waals surface area contributed by atoms with Gasteiger partial charge in [0.05, 0.1) is 5.92 Å². The zero-order valence-corrected chi connectivity index (χ0v) is 20.4. The van der Waals surface area contributed by atoms with E-state index in [1.165, 1.54) is 0 Å². The summed E-state index contributed by atoms with van der Waals surface area (Å²) in [6.45, 7) is 4.58. The number of hydrogen-bond donors (Lipinski definition) is 1. The molecule has 0 spiro atoms. The van der Waals surface area contributed by atoms with E-state index < -0.39 is 0 Å². The molecule has 1 atom stereocenters. The van der Waals surface area contributed by atoms with Gasteiger partial charge in [-0.2, -0.15) is 0 Å². The van der Waals surface area contributed by atoms with Gasteiger partial charge in [-0.15, -0.1) is 0 Å². The lowest BCUT2D eigenvalue weighted by Gasteiger charge is -2.23. The summed E-state index contributed by atoms with van der Waals surface area (Å²) in [5.41, 5.74) is 3.95. The summed E-state index contributed by atoms with van der Waals surface area (Å²) in [6.07, 6.45) is 1.91. The highest BCUT2D eigenvalue weighted by molar-refractivity contribution is 9.10. The standard InChI is InChI=1S/C27H27BrN2O3/c1-3-18-6-5-7-19(4-2)26(18)30-17-20(16-25(30)31)27(32)29-22-10-14-24(15-11-22)33-23-12-8-21(28)9-13-23/h5-15,20H,3-4,16-17H2,1-2H3,(H,29,32)/t20-/m1/s1. The fourth-order valence-corrected chi connectivity index (χ4v) is 4.41. The molecule has 1 saturated heterocycles. The molecule has 1 N–H and O–H groups in total. The SMILES string of the molecule is CCc1cccc(CC)c1N1C[C@H](C(=O)Nc2ccc(Oc3ccc(Br)cc3)cc2)CC1=O. The predicted molar refractivity (Wildman–Crippen MR) is 135 cm³/mol. The smallest absolute Gasteiger partial charge is 0.229 e. The van der Waals surface area contributed by atoms with Crippen molar-refractivity contribution in [2.75, 3.05) is 16.8 Å². The maximum atomic E-state index is 12.9. The van der Waals surface area contributed by atoms with Gasteiger partial charge in [0.2, 0.25) is 11.8 Å². The van der Waals surface area contributed by atoms with Gasteiger partial charge in [0, 0.05) is 28.8 Å². The largest absolute Gasteiger partial charge is 0.457 e. The third-order valence-electron chi connectivity index (χ3n) is 5.90. The number of halogens is 1. The summed E-state index contributed by atoms with van der Waals surface area (Å²) < 4.78 is 6.82. The molecule has 5 nitrogen and oxygen atoms in total. The molecule has 2 amide bonds. The minimum Gasteiger partial charge on any atom is -0.457 e. The second kappa shape index (κ2) is 10.2. The van der Waals surface area contributed by atoms with Crippen LogP contribution in [0.15, 0.2) is 71.2 Å². The average Bonchev–Trinajstić information content (AvgIpc) is 3.22. The van der Waals surface area contributed by atoms with Gasteiger partial charge in [-0.25, -0.2) is 0 Å². The summed E-state index contributed by atoms with van der Waals surface area (Å²) in [4.78, 5) is 27.6. The van der Waals surface area contributed by atoms with Crippen LogP contribution in [-0.4, -0.2) is 18.4 Å². The van der Waals surface area contributed by atoms with Crippen molar-refractivity contribution in [1.29, 1.82) is 0 Å². The number of hydrogen-bond acceptors (Lipinski definition) is 3. The highest BCUT2D eigenvalue weighted by atomic mass is 79.9. The van der Waals surface area contributed by atoms with E-state index in [2.05, 4.69) is 47.2 Å². The Kier molecular flexibility index (Phi) is 7.14. The Balaban J connectivity index is 1.41. The molecule has 0 radical (unpaired) electrons. The maximum absolute atomic E-state index is 12.9. The fraction of sp³-hybridized carbons (Fsp3) is 0.259. The lowest BCUT2D eigenvalue weighted by Crippen LogP contribution is -2.29. The topological polar surface area (TPSA) is 58.6 Å². The van der Waals surface area contributed by atoms with Gasteiger partial charge in [-0.05, 0) is 72.5 Å². The fourth-order valence-electron chi connectivity index (χ4n) is 4.15. The van der Waals surface area contributed by atoms with Gasteiger partial charge >= 0.3 is 0 Å². The molecular weight excluding hydrogens is 480 g/mol. The van der Waals surface area contributed by atoms with E-state index in [0.717, 1.165) is 39.9 Å². The van der Waals surface area contributed by atoms with Crippen LogP contribution in [0.3, 0.4) is 0 Å². The normalized spacial score (nSPS) is 15.5. The van der Waals surface area contributed by atoms with Crippen molar-refractivity contribution in [3.8, 4) is 11.5 Å². The molecule has 1 aliphatic heterocycles. The molecule has 0 saturated carbocycles. The van der Waals surface area contributed by atoms with Crippen LogP contribution in [0.1, 0.15) is 31.4 Å². The lowest BCUT2D eigenvalue weighted by atomic mass is 10.0. The predicted octanol–water partition coefficient (Wildman–Crippen LogP) is 6.36. The molecule has 170 valence electrons. The molecule has 33 heavy (non-hydrogen) atoms. The van der Waals surface area contributed by atoms with Crippen molar-refractivity contribution < 1.29 is 14.3 Å². The number of nitrogens with zero attached hydrogens (tertiary/aromatic N) is 1. The molecule has 0 bridgehead atoms. The van der Waals surface area contributed by atoms with Crippen LogP contribution in [0.5, 0.6) is 11.5 Å². The first-order valence-corrected chi connectivity index (χ1v) is 12.0. The Labute approximate surface area is 202 Å². The van der Waals surface area contributed by atoms with Crippen LogP contribution >= 0.6 is 15.9 Å².